The molecule has 0 aromatic heterocycles. The van der Waals surface area contributed by atoms with Gasteiger partial charge < -0.3 is 9.47 Å². The van der Waals surface area contributed by atoms with Gasteiger partial charge in [-0.3, -0.25) is 0 Å². The van der Waals surface area contributed by atoms with Gasteiger partial charge in [0.25, 0.3) is 0 Å². The average molecular weight is 260 g/mol. The topological polar surface area (TPSA) is 18.5 Å². The molecule has 1 fully saturated rings. The van der Waals surface area contributed by atoms with Crippen LogP contribution in [0.1, 0.15) is 51.5 Å². The van der Waals surface area contributed by atoms with Gasteiger partial charge in [-0.2, -0.15) is 0 Å². The maximum Gasteiger partial charge on any atom is 0.127 e. The molecule has 3 unspecified atom stereocenters. The van der Waals surface area contributed by atoms with E-state index in [1.54, 1.807) is 7.11 Å². The number of ether oxygens (including phenoxy) is 2. The molecule has 2 aliphatic rings. The van der Waals surface area contributed by atoms with Crippen LogP contribution in [-0.4, -0.2) is 12.7 Å². The Kier molecular flexibility index (Phi) is 2.99. The molecule has 0 N–H and O–H groups in total. The van der Waals surface area contributed by atoms with Gasteiger partial charge in [-0.25, -0.2) is 0 Å². The fraction of sp³-hybridized carbons (Fsp3) is 0.647. The molecule has 0 spiro atoms. The normalized spacial score (nSPS) is 31.9. The standard InChI is InChI=1S/C17H24O2/c1-11-5-8-15-14(9-11)13-7-6-12(18-4)10-16(13)19-17(15,2)3/h6-7,10-11,14-15H,5,8-9H2,1-4H3. The molecule has 0 bridgehead atoms. The van der Waals surface area contributed by atoms with Crippen molar-refractivity contribution in [3.63, 3.8) is 0 Å². The first-order chi connectivity index (χ1) is 9.01. The first-order valence-electron chi connectivity index (χ1n) is 7.38. The van der Waals surface area contributed by atoms with Gasteiger partial charge >= 0.3 is 0 Å². The molecule has 1 aromatic carbocycles. The van der Waals surface area contributed by atoms with Gasteiger partial charge in [0.15, 0.2) is 0 Å². The summed E-state index contributed by atoms with van der Waals surface area (Å²) in [5.41, 5.74) is 1.32. The van der Waals surface area contributed by atoms with E-state index < -0.39 is 0 Å². The minimum absolute atomic E-state index is 0.0653. The van der Waals surface area contributed by atoms with Crippen molar-refractivity contribution in [3.8, 4) is 11.5 Å². The predicted octanol–water partition coefficient (Wildman–Crippen LogP) is 4.39. The number of fused-ring (bicyclic) bond motifs is 3. The fourth-order valence-electron chi connectivity index (χ4n) is 3.95. The Balaban J connectivity index is 2.04. The SMILES string of the molecule is COc1ccc2c(c1)OC(C)(C)C1CCC(C)CC21. The highest BCUT2D eigenvalue weighted by atomic mass is 16.5. The minimum atomic E-state index is -0.0653. The second-order valence-corrected chi connectivity index (χ2v) is 6.74. The van der Waals surface area contributed by atoms with Crippen molar-refractivity contribution < 1.29 is 9.47 Å². The van der Waals surface area contributed by atoms with E-state index in [0.29, 0.717) is 11.8 Å². The fourth-order valence-corrected chi connectivity index (χ4v) is 3.95. The second-order valence-electron chi connectivity index (χ2n) is 6.74. The van der Waals surface area contributed by atoms with Crippen LogP contribution in [0.3, 0.4) is 0 Å². The summed E-state index contributed by atoms with van der Waals surface area (Å²) >= 11 is 0. The lowest BCUT2D eigenvalue weighted by Gasteiger charge is -2.48. The molecule has 3 rings (SSSR count). The van der Waals surface area contributed by atoms with Crippen LogP contribution in [-0.2, 0) is 0 Å². The van der Waals surface area contributed by atoms with Gasteiger partial charge in [0.1, 0.15) is 17.1 Å². The second kappa shape index (κ2) is 4.43. The van der Waals surface area contributed by atoms with Crippen LogP contribution in [0.5, 0.6) is 11.5 Å². The number of methoxy groups -OCH3 is 1. The Labute approximate surface area is 116 Å². The highest BCUT2D eigenvalue weighted by molar-refractivity contribution is 5.45. The van der Waals surface area contributed by atoms with E-state index in [9.17, 15) is 0 Å². The van der Waals surface area contributed by atoms with Gasteiger partial charge in [0, 0.05) is 12.0 Å². The lowest BCUT2D eigenvalue weighted by atomic mass is 9.64. The lowest BCUT2D eigenvalue weighted by Crippen LogP contribution is -2.46. The van der Waals surface area contributed by atoms with Gasteiger partial charge in [0.2, 0.25) is 0 Å². The molecule has 19 heavy (non-hydrogen) atoms. The number of rotatable bonds is 1. The smallest absolute Gasteiger partial charge is 0.127 e. The summed E-state index contributed by atoms with van der Waals surface area (Å²) in [6.07, 6.45) is 3.90. The average Bonchev–Trinajstić information content (AvgIpc) is 2.37. The van der Waals surface area contributed by atoms with Gasteiger partial charge in [-0.15, -0.1) is 0 Å². The number of benzene rings is 1. The van der Waals surface area contributed by atoms with Crippen LogP contribution < -0.4 is 9.47 Å². The van der Waals surface area contributed by atoms with Crippen LogP contribution in [0.25, 0.3) is 0 Å². The molecule has 1 aliphatic carbocycles. The van der Waals surface area contributed by atoms with Crippen LogP contribution in [0.15, 0.2) is 18.2 Å². The third-order valence-corrected chi connectivity index (χ3v) is 5.00. The molecule has 1 saturated carbocycles. The van der Waals surface area contributed by atoms with Crippen molar-refractivity contribution in [1.82, 2.24) is 0 Å². The van der Waals surface area contributed by atoms with Crippen molar-refractivity contribution in [1.29, 1.82) is 0 Å². The Hall–Kier alpha value is -1.18. The zero-order valence-corrected chi connectivity index (χ0v) is 12.4. The van der Waals surface area contributed by atoms with Gasteiger partial charge in [-0.1, -0.05) is 19.4 Å². The third-order valence-electron chi connectivity index (χ3n) is 5.00. The zero-order chi connectivity index (χ0) is 13.6. The number of hydrogen-bond donors (Lipinski definition) is 0. The Morgan fingerprint density at radius 1 is 1.26 bits per heavy atom. The Morgan fingerprint density at radius 3 is 2.79 bits per heavy atom. The molecule has 0 saturated heterocycles. The van der Waals surface area contributed by atoms with E-state index in [1.165, 1.54) is 24.8 Å². The van der Waals surface area contributed by atoms with E-state index in [4.69, 9.17) is 9.47 Å². The summed E-state index contributed by atoms with van der Waals surface area (Å²) in [7, 11) is 1.71. The molecule has 1 aliphatic heterocycles. The van der Waals surface area contributed by atoms with Crippen LogP contribution in [0.4, 0.5) is 0 Å². The van der Waals surface area contributed by atoms with Crippen LogP contribution >= 0.6 is 0 Å². The van der Waals surface area contributed by atoms with Crippen molar-refractivity contribution in [3.05, 3.63) is 23.8 Å². The van der Waals surface area contributed by atoms with E-state index in [0.717, 1.165) is 17.4 Å². The zero-order valence-electron chi connectivity index (χ0n) is 12.4. The monoisotopic (exact) mass is 260 g/mol. The molecule has 1 aromatic rings. The van der Waals surface area contributed by atoms with Crippen molar-refractivity contribution in [2.75, 3.05) is 7.11 Å². The molecule has 1 heterocycles. The number of hydrogen-bond acceptors (Lipinski definition) is 2. The molecular formula is C17H24O2. The quantitative estimate of drug-likeness (QED) is 0.745. The third kappa shape index (κ3) is 2.11. The largest absolute Gasteiger partial charge is 0.497 e. The van der Waals surface area contributed by atoms with Gasteiger partial charge in [-0.05, 0) is 50.2 Å². The molecule has 104 valence electrons. The molecule has 0 radical (unpaired) electrons. The summed E-state index contributed by atoms with van der Waals surface area (Å²) < 4.78 is 11.6. The molecular weight excluding hydrogens is 236 g/mol. The van der Waals surface area contributed by atoms with Crippen molar-refractivity contribution in [2.24, 2.45) is 11.8 Å². The maximum atomic E-state index is 6.29. The summed E-state index contributed by atoms with van der Waals surface area (Å²) in [5.74, 6) is 4.03. The van der Waals surface area contributed by atoms with Crippen molar-refractivity contribution in [2.45, 2.75) is 51.6 Å². The molecule has 2 heteroatoms. The summed E-state index contributed by atoms with van der Waals surface area (Å²) in [5, 5.41) is 0. The maximum absolute atomic E-state index is 6.29. The summed E-state index contributed by atoms with van der Waals surface area (Å²) in [6, 6.07) is 6.32. The predicted molar refractivity (Wildman–Crippen MR) is 76.9 cm³/mol. The van der Waals surface area contributed by atoms with Crippen LogP contribution in [0.2, 0.25) is 0 Å². The van der Waals surface area contributed by atoms with E-state index in [2.05, 4.69) is 32.9 Å². The highest BCUT2D eigenvalue weighted by Gasteiger charge is 2.45. The van der Waals surface area contributed by atoms with E-state index in [1.807, 2.05) is 6.07 Å². The molecule has 3 atom stereocenters. The van der Waals surface area contributed by atoms with Crippen LogP contribution in [0, 0.1) is 11.8 Å². The summed E-state index contributed by atoms with van der Waals surface area (Å²) in [4.78, 5) is 0. The first kappa shape index (κ1) is 12.8. The Bertz CT molecular complexity index is 478. The summed E-state index contributed by atoms with van der Waals surface area (Å²) in [6.45, 7) is 6.86. The van der Waals surface area contributed by atoms with E-state index >= 15 is 0 Å². The minimum Gasteiger partial charge on any atom is -0.497 e. The highest BCUT2D eigenvalue weighted by Crippen LogP contribution is 2.53. The van der Waals surface area contributed by atoms with E-state index in [-0.39, 0.29) is 5.60 Å². The lowest BCUT2D eigenvalue weighted by molar-refractivity contribution is -0.0137. The van der Waals surface area contributed by atoms with Gasteiger partial charge in [0.05, 0.1) is 7.11 Å². The molecule has 2 nitrogen and oxygen atoms in total. The van der Waals surface area contributed by atoms with Crippen molar-refractivity contribution >= 4 is 0 Å². The first-order valence-corrected chi connectivity index (χ1v) is 7.38. The molecule has 0 amide bonds. The Morgan fingerprint density at radius 2 is 2.05 bits per heavy atom.